The number of piperidine rings is 1. The summed E-state index contributed by atoms with van der Waals surface area (Å²) in [6.45, 7) is 1.33. The Balaban J connectivity index is 1.91. The van der Waals surface area contributed by atoms with Crippen molar-refractivity contribution in [1.82, 2.24) is 9.80 Å². The van der Waals surface area contributed by atoms with Crippen LogP contribution < -0.4 is 0 Å². The number of nitrogens with zero attached hydrogens (tertiary/aromatic N) is 2. The minimum Gasteiger partial charge on any atom is -0.480 e. The van der Waals surface area contributed by atoms with Crippen molar-refractivity contribution < 1.29 is 14.7 Å². The molecular formula is C14H19ClN2O3S. The van der Waals surface area contributed by atoms with Gasteiger partial charge in [-0.05, 0) is 31.5 Å². The molecule has 1 aliphatic heterocycles. The van der Waals surface area contributed by atoms with E-state index in [2.05, 4.69) is 0 Å². The molecule has 2 rings (SSSR count). The Labute approximate surface area is 133 Å². The molecule has 1 aromatic heterocycles. The third-order valence-corrected chi connectivity index (χ3v) is 4.90. The maximum Gasteiger partial charge on any atom is 0.320 e. The van der Waals surface area contributed by atoms with Crippen LogP contribution in [0.5, 0.6) is 0 Å². The summed E-state index contributed by atoms with van der Waals surface area (Å²) in [5.41, 5.74) is 0. The van der Waals surface area contributed by atoms with E-state index in [0.29, 0.717) is 23.8 Å². The van der Waals surface area contributed by atoms with Crippen molar-refractivity contribution in [3.05, 3.63) is 21.3 Å². The van der Waals surface area contributed by atoms with Gasteiger partial charge in [0.15, 0.2) is 0 Å². The zero-order valence-electron chi connectivity index (χ0n) is 11.9. The van der Waals surface area contributed by atoms with Gasteiger partial charge in [-0.15, -0.1) is 11.3 Å². The fourth-order valence-corrected chi connectivity index (χ4v) is 3.65. The van der Waals surface area contributed by atoms with Crippen LogP contribution in [0.2, 0.25) is 4.34 Å². The number of carbonyl (C=O) groups is 2. The summed E-state index contributed by atoms with van der Waals surface area (Å²) < 4.78 is 0.702. The van der Waals surface area contributed by atoms with E-state index in [-0.39, 0.29) is 12.5 Å². The van der Waals surface area contributed by atoms with Gasteiger partial charge >= 0.3 is 5.97 Å². The maximum atomic E-state index is 12.3. The van der Waals surface area contributed by atoms with Crippen molar-refractivity contribution >= 4 is 34.8 Å². The molecule has 0 spiro atoms. The summed E-state index contributed by atoms with van der Waals surface area (Å²) in [5, 5.41) is 9.22. The van der Waals surface area contributed by atoms with Crippen molar-refractivity contribution in [1.29, 1.82) is 0 Å². The Kier molecular flexibility index (Phi) is 5.61. The molecule has 1 amide bonds. The van der Waals surface area contributed by atoms with Gasteiger partial charge in [-0.1, -0.05) is 18.0 Å². The van der Waals surface area contributed by atoms with Gasteiger partial charge in [-0.2, -0.15) is 0 Å². The normalized spacial score (nSPS) is 19.4. The Morgan fingerprint density at radius 3 is 2.86 bits per heavy atom. The molecule has 0 aromatic carbocycles. The molecule has 1 aliphatic rings. The first-order valence-electron chi connectivity index (χ1n) is 6.92. The van der Waals surface area contributed by atoms with E-state index in [1.807, 2.05) is 12.1 Å². The highest BCUT2D eigenvalue weighted by Crippen LogP contribution is 2.22. The highest BCUT2D eigenvalue weighted by atomic mass is 35.5. The molecule has 1 N–H and O–H groups in total. The van der Waals surface area contributed by atoms with E-state index in [4.69, 9.17) is 11.6 Å². The molecule has 116 valence electrons. The highest BCUT2D eigenvalue weighted by Gasteiger charge is 2.30. The second-order valence-electron chi connectivity index (χ2n) is 5.28. The van der Waals surface area contributed by atoms with E-state index < -0.39 is 12.0 Å². The number of hydrogen-bond acceptors (Lipinski definition) is 4. The number of amides is 1. The third-order valence-electron chi connectivity index (χ3n) is 3.68. The molecule has 0 radical (unpaired) electrons. The average molecular weight is 331 g/mol. The summed E-state index contributed by atoms with van der Waals surface area (Å²) >= 11 is 7.32. The van der Waals surface area contributed by atoms with E-state index >= 15 is 0 Å². The van der Waals surface area contributed by atoms with Crippen LogP contribution in [0.4, 0.5) is 0 Å². The van der Waals surface area contributed by atoms with E-state index in [1.54, 1.807) is 16.8 Å². The van der Waals surface area contributed by atoms with Crippen LogP contribution in [0.25, 0.3) is 0 Å². The number of carbonyl (C=O) groups excluding carboxylic acids is 1. The van der Waals surface area contributed by atoms with Crippen LogP contribution in [0, 0.1) is 0 Å². The topological polar surface area (TPSA) is 60.9 Å². The van der Waals surface area contributed by atoms with Crippen LogP contribution in [0.3, 0.4) is 0 Å². The maximum absolute atomic E-state index is 12.3. The largest absolute Gasteiger partial charge is 0.480 e. The van der Waals surface area contributed by atoms with Crippen molar-refractivity contribution in [2.24, 2.45) is 0 Å². The number of carboxylic acids is 1. The van der Waals surface area contributed by atoms with Gasteiger partial charge in [-0.25, -0.2) is 0 Å². The number of likely N-dealkylation sites (tertiary alicyclic amines) is 1. The van der Waals surface area contributed by atoms with E-state index in [0.717, 1.165) is 17.7 Å². The molecule has 1 atom stereocenters. The molecule has 7 heteroatoms. The minimum atomic E-state index is -0.838. The Hall–Kier alpha value is -1.11. The van der Waals surface area contributed by atoms with Gasteiger partial charge in [0.1, 0.15) is 6.04 Å². The number of rotatable bonds is 5. The fourth-order valence-electron chi connectivity index (χ4n) is 2.51. The zero-order valence-corrected chi connectivity index (χ0v) is 13.5. The summed E-state index contributed by atoms with van der Waals surface area (Å²) in [4.78, 5) is 27.9. The predicted molar refractivity (Wildman–Crippen MR) is 82.7 cm³/mol. The fraction of sp³-hybridized carbons (Fsp3) is 0.571. The number of hydrogen-bond donors (Lipinski definition) is 1. The van der Waals surface area contributed by atoms with Crippen LogP contribution in [0.15, 0.2) is 12.1 Å². The van der Waals surface area contributed by atoms with Crippen LogP contribution >= 0.6 is 22.9 Å². The van der Waals surface area contributed by atoms with Crippen molar-refractivity contribution in [3.63, 3.8) is 0 Å². The molecule has 1 saturated heterocycles. The van der Waals surface area contributed by atoms with Crippen molar-refractivity contribution in [2.75, 3.05) is 20.1 Å². The lowest BCUT2D eigenvalue weighted by atomic mass is 10.0. The molecule has 5 nitrogen and oxygen atoms in total. The molecule has 0 saturated carbocycles. The molecule has 1 aromatic rings. The Morgan fingerprint density at radius 2 is 2.24 bits per heavy atom. The number of thiophene rings is 1. The minimum absolute atomic E-state index is 0.0623. The van der Waals surface area contributed by atoms with Gasteiger partial charge in [-0.3, -0.25) is 14.5 Å². The third kappa shape index (κ3) is 4.43. The molecular weight excluding hydrogens is 312 g/mol. The number of halogens is 1. The van der Waals surface area contributed by atoms with Gasteiger partial charge in [0.2, 0.25) is 5.91 Å². The summed E-state index contributed by atoms with van der Waals surface area (Å²) in [6.07, 6.45) is 2.47. The lowest BCUT2D eigenvalue weighted by Gasteiger charge is -2.33. The highest BCUT2D eigenvalue weighted by molar-refractivity contribution is 7.16. The second-order valence-corrected chi connectivity index (χ2v) is 7.08. The average Bonchev–Trinajstić information content (AvgIpc) is 2.84. The summed E-state index contributed by atoms with van der Waals surface area (Å²) in [6, 6.07) is 3.18. The van der Waals surface area contributed by atoms with Gasteiger partial charge in [0.25, 0.3) is 0 Å². The Morgan fingerprint density at radius 1 is 1.48 bits per heavy atom. The van der Waals surface area contributed by atoms with Crippen molar-refractivity contribution in [2.45, 2.75) is 31.8 Å². The number of carboxylic acid groups (broad SMARTS) is 1. The quantitative estimate of drug-likeness (QED) is 0.900. The SMILES string of the molecule is CN(Cc1ccc(Cl)s1)C(=O)CN1CCCCC1C(=O)O. The van der Waals surface area contributed by atoms with E-state index in [1.165, 1.54) is 11.3 Å². The van der Waals surface area contributed by atoms with Crippen LogP contribution in [-0.4, -0.2) is 53.0 Å². The molecule has 1 fully saturated rings. The standard InChI is InChI=1S/C14H19ClN2O3S/c1-16(8-10-5-6-12(15)21-10)13(18)9-17-7-3-2-4-11(17)14(19)20/h5-6,11H,2-4,7-9H2,1H3,(H,19,20). The molecule has 0 aliphatic carbocycles. The van der Waals surface area contributed by atoms with Gasteiger partial charge < -0.3 is 10.0 Å². The first kappa shape index (κ1) is 16.3. The number of aliphatic carboxylic acids is 1. The number of likely N-dealkylation sites (N-methyl/N-ethyl adjacent to an activating group) is 1. The smallest absolute Gasteiger partial charge is 0.320 e. The predicted octanol–water partition coefficient (Wildman–Crippen LogP) is 2.30. The van der Waals surface area contributed by atoms with E-state index in [9.17, 15) is 14.7 Å². The van der Waals surface area contributed by atoms with Gasteiger partial charge in [0.05, 0.1) is 17.4 Å². The first-order chi connectivity index (χ1) is 9.97. The molecule has 21 heavy (non-hydrogen) atoms. The summed E-state index contributed by atoms with van der Waals surface area (Å²) in [5.74, 6) is -0.900. The second kappa shape index (κ2) is 7.24. The lowest BCUT2D eigenvalue weighted by Crippen LogP contribution is -2.49. The zero-order chi connectivity index (χ0) is 15.4. The molecule has 1 unspecified atom stereocenters. The van der Waals surface area contributed by atoms with Crippen LogP contribution in [-0.2, 0) is 16.1 Å². The van der Waals surface area contributed by atoms with Gasteiger partial charge in [0, 0.05) is 11.9 Å². The van der Waals surface area contributed by atoms with Crippen molar-refractivity contribution in [3.8, 4) is 0 Å². The first-order valence-corrected chi connectivity index (χ1v) is 8.12. The Bertz CT molecular complexity index is 520. The molecule has 0 bridgehead atoms. The van der Waals surface area contributed by atoms with Crippen LogP contribution in [0.1, 0.15) is 24.1 Å². The molecule has 2 heterocycles. The summed E-state index contributed by atoms with van der Waals surface area (Å²) in [7, 11) is 1.73. The monoisotopic (exact) mass is 330 g/mol. The lowest BCUT2D eigenvalue weighted by molar-refractivity contribution is -0.146.